The molecule has 1 fully saturated rings. The minimum Gasteiger partial charge on any atom is -0.489 e. The number of hydrogen-bond donors (Lipinski definition) is 0. The van der Waals surface area contributed by atoms with Crippen LogP contribution in [0.15, 0.2) is 48.8 Å². The molecule has 1 atom stereocenters. The zero-order valence-corrected chi connectivity index (χ0v) is 14.3. The molecule has 1 amide bonds. The van der Waals surface area contributed by atoms with Gasteiger partial charge in [0, 0.05) is 38.6 Å². The predicted octanol–water partition coefficient (Wildman–Crippen LogP) is 2.12. The number of pyridine rings is 1. The van der Waals surface area contributed by atoms with E-state index in [0.29, 0.717) is 6.54 Å². The molecule has 1 aromatic carbocycles. The number of fused-ring (bicyclic) bond motifs is 1. The minimum absolute atomic E-state index is 0.150. The van der Waals surface area contributed by atoms with Crippen LogP contribution in [0.2, 0.25) is 0 Å². The lowest BCUT2D eigenvalue weighted by atomic mass is 10.00. The van der Waals surface area contributed by atoms with Gasteiger partial charge in [-0.15, -0.1) is 0 Å². The highest BCUT2D eigenvalue weighted by atomic mass is 16.5. The molecule has 0 radical (unpaired) electrons. The highest BCUT2D eigenvalue weighted by Gasteiger charge is 2.28. The van der Waals surface area contributed by atoms with E-state index in [0.717, 1.165) is 44.8 Å². The Morgan fingerprint density at radius 2 is 1.92 bits per heavy atom. The number of aromatic nitrogens is 1. The van der Waals surface area contributed by atoms with Gasteiger partial charge in [0.1, 0.15) is 11.9 Å². The van der Waals surface area contributed by atoms with Crippen LogP contribution in [0.5, 0.6) is 5.75 Å². The lowest BCUT2D eigenvalue weighted by molar-refractivity contribution is -0.133. The molecule has 0 saturated carbocycles. The molecule has 2 aliphatic heterocycles. The van der Waals surface area contributed by atoms with Gasteiger partial charge in [-0.05, 0) is 36.1 Å². The molecule has 4 rings (SSSR count). The number of rotatable bonds is 4. The van der Waals surface area contributed by atoms with E-state index in [2.05, 4.69) is 28.1 Å². The zero-order valence-electron chi connectivity index (χ0n) is 14.3. The van der Waals surface area contributed by atoms with Crippen LogP contribution in [0.4, 0.5) is 0 Å². The van der Waals surface area contributed by atoms with Crippen LogP contribution in [-0.4, -0.2) is 53.0 Å². The molecule has 0 N–H and O–H groups in total. The van der Waals surface area contributed by atoms with E-state index in [1.54, 1.807) is 12.4 Å². The molecule has 3 heterocycles. The number of hydrogen-bond acceptors (Lipinski definition) is 4. The third-order valence-corrected chi connectivity index (χ3v) is 5.02. The first-order chi connectivity index (χ1) is 12.3. The van der Waals surface area contributed by atoms with Crippen molar-refractivity contribution in [3.05, 3.63) is 59.9 Å². The van der Waals surface area contributed by atoms with Crippen molar-refractivity contribution >= 4 is 5.91 Å². The van der Waals surface area contributed by atoms with Crippen LogP contribution in [-0.2, 0) is 17.8 Å². The van der Waals surface area contributed by atoms with Gasteiger partial charge in [-0.3, -0.25) is 14.7 Å². The highest BCUT2D eigenvalue weighted by Crippen LogP contribution is 2.20. The number of carbonyl (C=O) groups is 1. The summed E-state index contributed by atoms with van der Waals surface area (Å²) < 4.78 is 5.97. The summed E-state index contributed by atoms with van der Waals surface area (Å²) in [5, 5.41) is 0. The summed E-state index contributed by atoms with van der Waals surface area (Å²) in [6.07, 6.45) is 5.53. The summed E-state index contributed by atoms with van der Waals surface area (Å²) in [7, 11) is 0. The van der Waals surface area contributed by atoms with Crippen molar-refractivity contribution in [3.63, 3.8) is 0 Å². The van der Waals surface area contributed by atoms with E-state index in [1.165, 1.54) is 11.1 Å². The number of carbonyl (C=O) groups excluding carboxylic acids is 1. The monoisotopic (exact) mass is 337 g/mol. The summed E-state index contributed by atoms with van der Waals surface area (Å²) in [5.41, 5.74) is 2.65. The Kier molecular flexibility index (Phi) is 4.65. The molecule has 2 aromatic rings. The highest BCUT2D eigenvalue weighted by molar-refractivity contribution is 5.78. The zero-order chi connectivity index (χ0) is 17.1. The maximum absolute atomic E-state index is 12.7. The lowest BCUT2D eigenvalue weighted by Crippen LogP contribution is -2.42. The maximum Gasteiger partial charge on any atom is 0.237 e. The van der Waals surface area contributed by atoms with Crippen molar-refractivity contribution in [1.29, 1.82) is 0 Å². The van der Waals surface area contributed by atoms with Crippen molar-refractivity contribution in [2.75, 3.05) is 26.2 Å². The van der Waals surface area contributed by atoms with Crippen LogP contribution in [0.25, 0.3) is 0 Å². The van der Waals surface area contributed by atoms with Gasteiger partial charge in [-0.1, -0.05) is 24.3 Å². The molecule has 5 nitrogen and oxygen atoms in total. The van der Waals surface area contributed by atoms with E-state index in [-0.39, 0.29) is 12.0 Å². The second-order valence-corrected chi connectivity index (χ2v) is 6.78. The Balaban J connectivity index is 1.29. The van der Waals surface area contributed by atoms with Crippen molar-refractivity contribution in [2.45, 2.75) is 25.5 Å². The topological polar surface area (TPSA) is 45.7 Å². The van der Waals surface area contributed by atoms with E-state index in [1.807, 2.05) is 23.1 Å². The Morgan fingerprint density at radius 1 is 1.12 bits per heavy atom. The van der Waals surface area contributed by atoms with Gasteiger partial charge >= 0.3 is 0 Å². The van der Waals surface area contributed by atoms with Gasteiger partial charge in [-0.25, -0.2) is 0 Å². The fourth-order valence-electron chi connectivity index (χ4n) is 3.65. The Labute approximate surface area is 148 Å². The lowest BCUT2D eigenvalue weighted by Gasteiger charge is -2.30. The first kappa shape index (κ1) is 16.1. The second-order valence-electron chi connectivity index (χ2n) is 6.78. The average Bonchev–Trinajstić information content (AvgIpc) is 3.09. The average molecular weight is 337 g/mol. The SMILES string of the molecule is O=C(CN1CCC(Oc2ccncc2)C1)N1CCc2ccccc2C1. The summed E-state index contributed by atoms with van der Waals surface area (Å²) in [4.78, 5) is 20.9. The Bertz CT molecular complexity index is 735. The Morgan fingerprint density at radius 3 is 2.76 bits per heavy atom. The normalized spacial score (nSPS) is 20.3. The molecular weight excluding hydrogens is 314 g/mol. The van der Waals surface area contributed by atoms with E-state index >= 15 is 0 Å². The minimum atomic E-state index is 0.150. The van der Waals surface area contributed by atoms with Crippen molar-refractivity contribution in [3.8, 4) is 5.75 Å². The number of benzene rings is 1. The van der Waals surface area contributed by atoms with Gasteiger partial charge in [0.05, 0.1) is 6.54 Å². The molecule has 0 spiro atoms. The molecule has 25 heavy (non-hydrogen) atoms. The largest absolute Gasteiger partial charge is 0.489 e. The van der Waals surface area contributed by atoms with Gasteiger partial charge in [0.15, 0.2) is 0 Å². The molecule has 130 valence electrons. The van der Waals surface area contributed by atoms with Gasteiger partial charge in [0.2, 0.25) is 5.91 Å². The van der Waals surface area contributed by atoms with Gasteiger partial charge in [0.25, 0.3) is 0 Å². The number of likely N-dealkylation sites (tertiary alicyclic amines) is 1. The third-order valence-electron chi connectivity index (χ3n) is 5.02. The molecule has 2 aliphatic rings. The van der Waals surface area contributed by atoms with Crippen LogP contribution >= 0.6 is 0 Å². The predicted molar refractivity (Wildman–Crippen MR) is 95.3 cm³/mol. The smallest absolute Gasteiger partial charge is 0.237 e. The summed E-state index contributed by atoms with van der Waals surface area (Å²) in [6.45, 7) is 3.75. The number of amides is 1. The molecule has 0 aliphatic carbocycles. The molecule has 1 aromatic heterocycles. The van der Waals surface area contributed by atoms with Crippen molar-refractivity contribution < 1.29 is 9.53 Å². The molecule has 1 saturated heterocycles. The molecule has 0 bridgehead atoms. The first-order valence-corrected chi connectivity index (χ1v) is 8.91. The standard InChI is InChI=1S/C20H23N3O2/c24-20(23-12-7-16-3-1-2-4-17(16)13-23)15-22-11-8-19(14-22)25-18-5-9-21-10-6-18/h1-6,9-10,19H,7-8,11-15H2. The van der Waals surface area contributed by atoms with Gasteiger partial charge < -0.3 is 9.64 Å². The first-order valence-electron chi connectivity index (χ1n) is 8.91. The number of ether oxygens (including phenoxy) is 1. The summed E-state index contributed by atoms with van der Waals surface area (Å²) in [6, 6.07) is 12.2. The van der Waals surface area contributed by atoms with Crippen LogP contribution in [0.1, 0.15) is 17.5 Å². The van der Waals surface area contributed by atoms with Gasteiger partial charge in [-0.2, -0.15) is 0 Å². The van der Waals surface area contributed by atoms with E-state index < -0.39 is 0 Å². The third kappa shape index (κ3) is 3.82. The van der Waals surface area contributed by atoms with Crippen LogP contribution < -0.4 is 4.74 Å². The van der Waals surface area contributed by atoms with Crippen molar-refractivity contribution in [1.82, 2.24) is 14.8 Å². The molecule has 1 unspecified atom stereocenters. The van der Waals surface area contributed by atoms with E-state index in [4.69, 9.17) is 4.74 Å². The van der Waals surface area contributed by atoms with E-state index in [9.17, 15) is 4.79 Å². The fourth-order valence-corrected chi connectivity index (χ4v) is 3.65. The summed E-state index contributed by atoms with van der Waals surface area (Å²) >= 11 is 0. The second kappa shape index (κ2) is 7.23. The van der Waals surface area contributed by atoms with Crippen LogP contribution in [0, 0.1) is 0 Å². The van der Waals surface area contributed by atoms with Crippen molar-refractivity contribution in [2.24, 2.45) is 0 Å². The summed E-state index contributed by atoms with van der Waals surface area (Å²) in [5.74, 6) is 1.07. The number of nitrogens with zero attached hydrogens (tertiary/aromatic N) is 3. The molecular formula is C20H23N3O2. The fraction of sp³-hybridized carbons (Fsp3) is 0.400. The maximum atomic E-state index is 12.7. The molecule has 5 heteroatoms. The van der Waals surface area contributed by atoms with Crippen LogP contribution in [0.3, 0.4) is 0 Å². The Hall–Kier alpha value is -2.40. The quantitative estimate of drug-likeness (QED) is 0.857.